The van der Waals surface area contributed by atoms with Gasteiger partial charge in [-0.3, -0.25) is 4.79 Å². The molecule has 0 fully saturated rings. The molecule has 0 bridgehead atoms. The Morgan fingerprint density at radius 1 is 1.33 bits per heavy atom. The molecule has 1 amide bonds. The molecule has 3 N–H and O–H groups in total. The van der Waals surface area contributed by atoms with E-state index in [1.54, 1.807) is 37.0 Å². The first kappa shape index (κ1) is 21.6. The zero-order valence-electron chi connectivity index (χ0n) is 16.5. The van der Waals surface area contributed by atoms with E-state index in [0.717, 1.165) is 6.07 Å². The molecule has 2 heterocycles. The van der Waals surface area contributed by atoms with Gasteiger partial charge >= 0.3 is 6.18 Å². The van der Waals surface area contributed by atoms with Crippen LogP contribution in [0.15, 0.2) is 40.9 Å². The van der Waals surface area contributed by atoms with Gasteiger partial charge in [-0.25, -0.2) is 4.68 Å². The Morgan fingerprint density at radius 3 is 2.70 bits per heavy atom. The molecule has 2 aromatic heterocycles. The van der Waals surface area contributed by atoms with Crippen molar-refractivity contribution >= 4 is 5.91 Å². The molecule has 0 spiro atoms. The molecule has 1 unspecified atom stereocenters. The third-order valence-corrected chi connectivity index (χ3v) is 4.85. The topological polar surface area (TPSA) is 99.0 Å². The fourth-order valence-electron chi connectivity index (χ4n) is 3.23. The van der Waals surface area contributed by atoms with E-state index in [0.29, 0.717) is 17.0 Å². The van der Waals surface area contributed by atoms with Crippen LogP contribution in [0.2, 0.25) is 0 Å². The van der Waals surface area contributed by atoms with Gasteiger partial charge in [0.1, 0.15) is 5.76 Å². The fourth-order valence-corrected chi connectivity index (χ4v) is 3.23. The maximum Gasteiger partial charge on any atom is 0.416 e. The van der Waals surface area contributed by atoms with Gasteiger partial charge in [0.05, 0.1) is 17.5 Å². The summed E-state index contributed by atoms with van der Waals surface area (Å²) >= 11 is 0. The highest BCUT2D eigenvalue weighted by Crippen LogP contribution is 2.32. The van der Waals surface area contributed by atoms with Crippen LogP contribution in [-0.2, 0) is 19.6 Å². The van der Waals surface area contributed by atoms with Crippen molar-refractivity contribution in [1.29, 1.82) is 0 Å². The van der Waals surface area contributed by atoms with Gasteiger partial charge in [0.2, 0.25) is 0 Å². The van der Waals surface area contributed by atoms with Crippen LogP contribution in [0.3, 0.4) is 0 Å². The zero-order valence-corrected chi connectivity index (χ0v) is 16.5. The molecule has 0 aliphatic rings. The lowest BCUT2D eigenvalue weighted by molar-refractivity contribution is -0.138. The maximum atomic E-state index is 13.2. The Hall–Kier alpha value is -3.14. The monoisotopic (exact) mass is 421 g/mol. The van der Waals surface area contributed by atoms with E-state index in [2.05, 4.69) is 15.6 Å². The van der Waals surface area contributed by atoms with Crippen molar-refractivity contribution in [3.63, 3.8) is 0 Å². The summed E-state index contributed by atoms with van der Waals surface area (Å²) in [6.45, 7) is 1.95. The molecule has 1 atom stereocenters. The van der Waals surface area contributed by atoms with Crippen molar-refractivity contribution in [3.05, 3.63) is 59.2 Å². The summed E-state index contributed by atoms with van der Waals surface area (Å²) in [5.41, 5.74) is 6.58. The molecule has 3 aromatic rings. The van der Waals surface area contributed by atoms with Gasteiger partial charge in [0, 0.05) is 19.2 Å². The molecule has 1 aromatic carbocycles. The Morgan fingerprint density at radius 2 is 2.07 bits per heavy atom. The molecule has 10 heteroatoms. The van der Waals surface area contributed by atoms with Crippen LogP contribution in [0.25, 0.3) is 11.3 Å². The second-order valence-corrected chi connectivity index (χ2v) is 6.99. The highest BCUT2D eigenvalue weighted by atomic mass is 19.4. The first-order valence-electron chi connectivity index (χ1n) is 9.29. The van der Waals surface area contributed by atoms with E-state index in [4.69, 9.17) is 10.2 Å². The van der Waals surface area contributed by atoms with Crippen LogP contribution in [0.4, 0.5) is 13.2 Å². The van der Waals surface area contributed by atoms with Gasteiger partial charge in [-0.15, -0.1) is 5.10 Å². The molecule has 30 heavy (non-hydrogen) atoms. The van der Waals surface area contributed by atoms with Gasteiger partial charge in [0.25, 0.3) is 5.91 Å². The minimum Gasteiger partial charge on any atom is -0.455 e. The predicted molar refractivity (Wildman–Crippen MR) is 103 cm³/mol. The summed E-state index contributed by atoms with van der Waals surface area (Å²) in [5, 5.41) is 10.4. The van der Waals surface area contributed by atoms with E-state index in [1.807, 2.05) is 0 Å². The lowest BCUT2D eigenvalue weighted by atomic mass is 9.95. The van der Waals surface area contributed by atoms with Crippen LogP contribution in [-0.4, -0.2) is 34.0 Å². The molecule has 0 aliphatic heterocycles. The number of furan rings is 1. The van der Waals surface area contributed by atoms with Gasteiger partial charge in [-0.05, 0) is 43.5 Å². The Balaban J connectivity index is 1.68. The number of amides is 1. The van der Waals surface area contributed by atoms with Crippen LogP contribution >= 0.6 is 0 Å². The zero-order chi connectivity index (χ0) is 21.9. The van der Waals surface area contributed by atoms with Gasteiger partial charge < -0.3 is 15.5 Å². The first-order chi connectivity index (χ1) is 14.2. The number of nitrogens with one attached hydrogen (secondary N) is 1. The number of aromatic nitrogens is 3. The van der Waals surface area contributed by atoms with Crippen molar-refractivity contribution in [1.82, 2.24) is 20.3 Å². The quantitative estimate of drug-likeness (QED) is 0.611. The summed E-state index contributed by atoms with van der Waals surface area (Å²) in [7, 11) is 1.72. The largest absolute Gasteiger partial charge is 0.455 e. The molecule has 3 rings (SSSR count). The number of nitrogens with two attached hydrogens (primary N) is 1. The second-order valence-electron chi connectivity index (χ2n) is 6.99. The number of rotatable bonds is 7. The standard InChI is InChI=1S/C20H22F3N5O2/c1-12-15(17-11-26-27-28(17)2)8-18(30-12)19(29)25-10-13(9-24)7-14-5-3-4-6-16(14)20(21,22)23/h3-6,8,11,13H,7,9-10,24H2,1-2H3,(H,25,29). The third kappa shape index (κ3) is 4.70. The second kappa shape index (κ2) is 8.70. The van der Waals surface area contributed by atoms with Crippen molar-refractivity contribution < 1.29 is 22.4 Å². The lowest BCUT2D eigenvalue weighted by Crippen LogP contribution is -2.34. The Bertz CT molecular complexity index is 1030. The van der Waals surface area contributed by atoms with Crippen LogP contribution in [0, 0.1) is 12.8 Å². The number of benzene rings is 1. The fraction of sp³-hybridized carbons (Fsp3) is 0.350. The average Bonchev–Trinajstić information content (AvgIpc) is 3.29. The van der Waals surface area contributed by atoms with E-state index in [1.165, 1.54) is 12.1 Å². The lowest BCUT2D eigenvalue weighted by Gasteiger charge is -2.18. The number of carbonyl (C=O) groups is 1. The molecule has 0 aliphatic carbocycles. The van der Waals surface area contributed by atoms with Crippen LogP contribution in [0.1, 0.15) is 27.4 Å². The number of aryl methyl sites for hydroxylation is 2. The smallest absolute Gasteiger partial charge is 0.416 e. The van der Waals surface area contributed by atoms with E-state index >= 15 is 0 Å². The number of hydrogen-bond acceptors (Lipinski definition) is 5. The summed E-state index contributed by atoms with van der Waals surface area (Å²) < 4.78 is 46.7. The summed E-state index contributed by atoms with van der Waals surface area (Å²) in [6, 6.07) is 6.95. The maximum absolute atomic E-state index is 13.2. The molecule has 0 saturated heterocycles. The van der Waals surface area contributed by atoms with Gasteiger partial charge in [-0.1, -0.05) is 23.4 Å². The van der Waals surface area contributed by atoms with E-state index in [9.17, 15) is 18.0 Å². The van der Waals surface area contributed by atoms with Crippen molar-refractivity contribution in [2.24, 2.45) is 18.7 Å². The number of carbonyl (C=O) groups excluding carboxylic acids is 1. The SMILES string of the molecule is Cc1oc(C(=O)NCC(CN)Cc2ccccc2C(F)(F)F)cc1-c1cnnn1C. The number of halogens is 3. The molecule has 0 radical (unpaired) electrons. The number of alkyl halides is 3. The summed E-state index contributed by atoms with van der Waals surface area (Å²) in [5.74, 6) is -0.216. The first-order valence-corrected chi connectivity index (χ1v) is 9.29. The summed E-state index contributed by atoms with van der Waals surface area (Å²) in [6.07, 6.45) is -2.79. The van der Waals surface area contributed by atoms with Crippen LogP contribution in [0.5, 0.6) is 0 Å². The molecule has 160 valence electrons. The van der Waals surface area contributed by atoms with Crippen molar-refractivity contribution in [3.8, 4) is 11.3 Å². The van der Waals surface area contributed by atoms with Gasteiger partial charge in [0.15, 0.2) is 5.76 Å². The highest BCUT2D eigenvalue weighted by Gasteiger charge is 2.33. The van der Waals surface area contributed by atoms with Gasteiger partial charge in [-0.2, -0.15) is 13.2 Å². The predicted octanol–water partition coefficient (Wildman–Crippen LogP) is 2.95. The number of hydrogen-bond donors (Lipinski definition) is 2. The Labute approximate surface area is 171 Å². The van der Waals surface area contributed by atoms with E-state index < -0.39 is 17.6 Å². The summed E-state index contributed by atoms with van der Waals surface area (Å²) in [4.78, 5) is 12.5. The molecule has 0 saturated carbocycles. The number of nitrogens with zero attached hydrogens (tertiary/aromatic N) is 3. The third-order valence-electron chi connectivity index (χ3n) is 4.85. The molecule has 7 nitrogen and oxygen atoms in total. The molecular weight excluding hydrogens is 399 g/mol. The normalized spacial score (nSPS) is 12.7. The van der Waals surface area contributed by atoms with Crippen molar-refractivity contribution in [2.75, 3.05) is 13.1 Å². The minimum absolute atomic E-state index is 0.0927. The minimum atomic E-state index is -4.44. The van der Waals surface area contributed by atoms with E-state index in [-0.39, 0.29) is 36.8 Å². The highest BCUT2D eigenvalue weighted by molar-refractivity contribution is 5.93. The van der Waals surface area contributed by atoms with Crippen molar-refractivity contribution in [2.45, 2.75) is 19.5 Å². The average molecular weight is 421 g/mol. The molecular formula is C20H22F3N5O2. The van der Waals surface area contributed by atoms with Crippen LogP contribution < -0.4 is 11.1 Å². The Kier molecular flexibility index (Phi) is 6.25.